The van der Waals surface area contributed by atoms with Crippen LogP contribution in [-0.4, -0.2) is 46.8 Å². The molecule has 1 amide bonds. The molecule has 0 saturated heterocycles. The fourth-order valence-corrected chi connectivity index (χ4v) is 2.37. The van der Waals surface area contributed by atoms with Crippen molar-refractivity contribution >= 4 is 5.91 Å². The third-order valence-corrected chi connectivity index (χ3v) is 3.65. The molecular weight excluding hydrogens is 261 g/mol. The van der Waals surface area contributed by atoms with Crippen molar-refractivity contribution in [3.05, 3.63) is 0 Å². The van der Waals surface area contributed by atoms with Crippen molar-refractivity contribution in [2.75, 3.05) is 13.2 Å². The number of amides is 1. The van der Waals surface area contributed by atoms with Crippen LogP contribution in [0, 0.1) is 0 Å². The van der Waals surface area contributed by atoms with Crippen LogP contribution in [0.4, 0.5) is 13.2 Å². The van der Waals surface area contributed by atoms with Crippen LogP contribution in [0.5, 0.6) is 0 Å². The van der Waals surface area contributed by atoms with Gasteiger partial charge in [0.25, 0.3) is 5.91 Å². The molecule has 0 radical (unpaired) electrons. The molecule has 3 N–H and O–H groups in total. The van der Waals surface area contributed by atoms with Crippen LogP contribution in [0.3, 0.4) is 0 Å². The Balaban J connectivity index is 2.88. The number of carbonyl (C=O) groups excluding carboxylic acids is 1. The monoisotopic (exact) mass is 282 g/mol. The number of hydrogen-bond acceptors (Lipinski definition) is 3. The first kappa shape index (κ1) is 16.2. The van der Waals surface area contributed by atoms with Gasteiger partial charge in [0.15, 0.2) is 5.54 Å². The number of nitrogens with zero attached hydrogens (tertiary/aromatic N) is 1. The second-order valence-electron chi connectivity index (χ2n) is 5.21. The summed E-state index contributed by atoms with van der Waals surface area (Å²) in [6.45, 7) is 0.213. The van der Waals surface area contributed by atoms with Crippen molar-refractivity contribution in [2.24, 2.45) is 5.73 Å². The van der Waals surface area contributed by atoms with Gasteiger partial charge in [0, 0.05) is 12.6 Å². The predicted molar refractivity (Wildman–Crippen MR) is 64.3 cm³/mol. The Morgan fingerprint density at radius 1 is 1.32 bits per heavy atom. The van der Waals surface area contributed by atoms with Crippen molar-refractivity contribution in [2.45, 2.75) is 56.8 Å². The first-order valence-corrected chi connectivity index (χ1v) is 6.49. The van der Waals surface area contributed by atoms with E-state index in [2.05, 4.69) is 0 Å². The summed E-state index contributed by atoms with van der Waals surface area (Å²) < 4.78 is 38.4. The van der Waals surface area contributed by atoms with E-state index in [1.54, 1.807) is 0 Å². The summed E-state index contributed by atoms with van der Waals surface area (Å²) in [4.78, 5) is 13.2. The summed E-state index contributed by atoms with van der Waals surface area (Å²) >= 11 is 0. The first-order valence-electron chi connectivity index (χ1n) is 6.49. The van der Waals surface area contributed by atoms with Crippen molar-refractivity contribution in [1.82, 2.24) is 4.90 Å². The highest BCUT2D eigenvalue weighted by molar-refractivity contribution is 5.87. The minimum atomic E-state index is -4.80. The van der Waals surface area contributed by atoms with Crippen molar-refractivity contribution in [1.29, 1.82) is 0 Å². The number of rotatable bonds is 4. The molecule has 1 aliphatic rings. The fourth-order valence-electron chi connectivity index (χ4n) is 2.37. The molecule has 1 aliphatic carbocycles. The maximum Gasteiger partial charge on any atom is 0.415 e. The molecule has 1 atom stereocenters. The lowest BCUT2D eigenvalue weighted by Gasteiger charge is -2.39. The molecule has 1 saturated carbocycles. The Labute approximate surface area is 110 Å². The van der Waals surface area contributed by atoms with E-state index in [9.17, 15) is 18.0 Å². The Kier molecular flexibility index (Phi) is 5.20. The van der Waals surface area contributed by atoms with Gasteiger partial charge in [0.1, 0.15) is 0 Å². The molecule has 112 valence electrons. The highest BCUT2D eigenvalue weighted by Gasteiger charge is 2.55. The molecule has 1 rings (SSSR count). The summed E-state index contributed by atoms with van der Waals surface area (Å²) in [5.74, 6) is -1.15. The van der Waals surface area contributed by atoms with Crippen LogP contribution in [0.15, 0.2) is 0 Å². The number of carbonyl (C=O) groups is 1. The number of aliphatic hydroxyl groups excluding tert-OH is 1. The summed E-state index contributed by atoms with van der Waals surface area (Å²) in [5, 5.41) is 8.97. The van der Waals surface area contributed by atoms with Gasteiger partial charge in [0.05, 0.1) is 6.61 Å². The van der Waals surface area contributed by atoms with Crippen LogP contribution in [0.2, 0.25) is 0 Å². The summed E-state index contributed by atoms with van der Waals surface area (Å²) in [6, 6.07) is -0.251. The summed E-state index contributed by atoms with van der Waals surface area (Å²) in [5.41, 5.74) is 2.27. The maximum atomic E-state index is 12.8. The van der Waals surface area contributed by atoms with Gasteiger partial charge >= 0.3 is 6.18 Å². The van der Waals surface area contributed by atoms with Crippen LogP contribution in [0.1, 0.15) is 39.0 Å². The standard InChI is InChI=1S/C12H21F3N2O2/c1-11(16,12(13,14)15)10(19)17(7-8-18)9-5-3-2-4-6-9/h9,18H,2-8,16H2,1H3. The van der Waals surface area contributed by atoms with Crippen LogP contribution in [-0.2, 0) is 4.79 Å². The summed E-state index contributed by atoms with van der Waals surface area (Å²) in [7, 11) is 0. The van der Waals surface area contributed by atoms with E-state index in [1.807, 2.05) is 0 Å². The van der Waals surface area contributed by atoms with Crippen molar-refractivity contribution < 1.29 is 23.1 Å². The van der Waals surface area contributed by atoms with Gasteiger partial charge < -0.3 is 15.7 Å². The molecule has 1 unspecified atom stereocenters. The van der Waals surface area contributed by atoms with E-state index in [0.29, 0.717) is 19.8 Å². The van der Waals surface area contributed by atoms with Crippen LogP contribution < -0.4 is 5.73 Å². The second kappa shape index (κ2) is 6.09. The van der Waals surface area contributed by atoms with Crippen molar-refractivity contribution in [3.63, 3.8) is 0 Å². The van der Waals surface area contributed by atoms with Gasteiger partial charge in [-0.1, -0.05) is 19.3 Å². The number of halogens is 3. The molecule has 0 aromatic heterocycles. The second-order valence-corrected chi connectivity index (χ2v) is 5.21. The molecule has 19 heavy (non-hydrogen) atoms. The predicted octanol–water partition coefficient (Wildman–Crippen LogP) is 1.42. The van der Waals surface area contributed by atoms with E-state index in [4.69, 9.17) is 10.8 Å². The van der Waals surface area contributed by atoms with Gasteiger partial charge in [0.2, 0.25) is 0 Å². The first-order chi connectivity index (χ1) is 8.71. The maximum absolute atomic E-state index is 12.8. The Hall–Kier alpha value is -0.820. The van der Waals surface area contributed by atoms with E-state index in [-0.39, 0.29) is 19.2 Å². The van der Waals surface area contributed by atoms with E-state index >= 15 is 0 Å². The van der Waals surface area contributed by atoms with Gasteiger partial charge in [-0.2, -0.15) is 13.2 Å². The van der Waals surface area contributed by atoms with E-state index in [1.165, 1.54) is 0 Å². The molecule has 4 nitrogen and oxygen atoms in total. The number of hydrogen-bond donors (Lipinski definition) is 2. The zero-order chi connectivity index (χ0) is 14.7. The number of aliphatic hydroxyl groups is 1. The van der Waals surface area contributed by atoms with Gasteiger partial charge in [-0.3, -0.25) is 4.79 Å². The third-order valence-electron chi connectivity index (χ3n) is 3.65. The van der Waals surface area contributed by atoms with E-state index < -0.39 is 17.6 Å². The lowest BCUT2D eigenvalue weighted by atomic mass is 9.92. The molecule has 0 heterocycles. The Bertz CT molecular complexity index is 313. The Morgan fingerprint density at radius 3 is 2.26 bits per heavy atom. The topological polar surface area (TPSA) is 66.6 Å². The fraction of sp³-hybridized carbons (Fsp3) is 0.917. The third kappa shape index (κ3) is 3.60. The average Bonchev–Trinajstić information content (AvgIpc) is 2.34. The molecule has 1 fully saturated rings. The zero-order valence-corrected chi connectivity index (χ0v) is 11.0. The van der Waals surface area contributed by atoms with Gasteiger partial charge in [-0.15, -0.1) is 0 Å². The molecule has 0 aliphatic heterocycles. The molecule has 0 aromatic carbocycles. The normalized spacial score (nSPS) is 20.9. The highest BCUT2D eigenvalue weighted by atomic mass is 19.4. The summed E-state index contributed by atoms with van der Waals surface area (Å²) in [6.07, 6.45) is -0.678. The molecule has 0 spiro atoms. The zero-order valence-electron chi connectivity index (χ0n) is 11.0. The minimum absolute atomic E-state index is 0.105. The minimum Gasteiger partial charge on any atom is -0.395 e. The lowest BCUT2D eigenvalue weighted by Crippen LogP contribution is -2.64. The van der Waals surface area contributed by atoms with E-state index in [0.717, 1.165) is 24.2 Å². The highest BCUT2D eigenvalue weighted by Crippen LogP contribution is 2.32. The van der Waals surface area contributed by atoms with Gasteiger partial charge in [-0.05, 0) is 19.8 Å². The average molecular weight is 282 g/mol. The largest absolute Gasteiger partial charge is 0.415 e. The number of nitrogens with two attached hydrogens (primary N) is 1. The van der Waals surface area contributed by atoms with Crippen LogP contribution in [0.25, 0.3) is 0 Å². The number of alkyl halides is 3. The SMILES string of the molecule is CC(N)(C(=O)N(CCO)C1CCCCC1)C(F)(F)F. The van der Waals surface area contributed by atoms with Crippen LogP contribution >= 0.6 is 0 Å². The molecule has 7 heteroatoms. The van der Waals surface area contributed by atoms with Crippen molar-refractivity contribution in [3.8, 4) is 0 Å². The quantitative estimate of drug-likeness (QED) is 0.819. The smallest absolute Gasteiger partial charge is 0.395 e. The lowest BCUT2D eigenvalue weighted by molar-refractivity contribution is -0.195. The molecule has 0 aromatic rings. The Morgan fingerprint density at radius 2 is 1.84 bits per heavy atom. The molecular formula is C12H21F3N2O2. The molecule has 0 bridgehead atoms. The van der Waals surface area contributed by atoms with Gasteiger partial charge in [-0.25, -0.2) is 0 Å².